The minimum absolute atomic E-state index is 0.494. The van der Waals surface area contributed by atoms with Crippen molar-refractivity contribution in [3.63, 3.8) is 0 Å². The lowest BCUT2D eigenvalue weighted by molar-refractivity contribution is -0.0583. The molecule has 1 aliphatic heterocycles. The summed E-state index contributed by atoms with van der Waals surface area (Å²) in [7, 11) is 0. The van der Waals surface area contributed by atoms with Gasteiger partial charge in [-0.1, -0.05) is 13.8 Å². The van der Waals surface area contributed by atoms with Crippen molar-refractivity contribution >= 4 is 0 Å². The van der Waals surface area contributed by atoms with Crippen LogP contribution in [0.4, 0.5) is 0 Å². The van der Waals surface area contributed by atoms with Gasteiger partial charge in [-0.3, -0.25) is 4.90 Å². The van der Waals surface area contributed by atoms with Gasteiger partial charge in [-0.2, -0.15) is 0 Å². The molecule has 0 radical (unpaired) electrons. The van der Waals surface area contributed by atoms with Gasteiger partial charge in [0.2, 0.25) is 0 Å². The first-order valence-corrected chi connectivity index (χ1v) is 4.75. The topological polar surface area (TPSA) is 3.24 Å². The van der Waals surface area contributed by atoms with Crippen LogP contribution in [-0.4, -0.2) is 23.0 Å². The van der Waals surface area contributed by atoms with Gasteiger partial charge in [0.1, 0.15) is 0 Å². The molecule has 1 nitrogen and oxygen atoms in total. The van der Waals surface area contributed by atoms with E-state index in [2.05, 4.69) is 39.5 Å². The number of likely N-dealkylation sites (tertiary alicyclic amines) is 1. The van der Waals surface area contributed by atoms with Crippen LogP contribution in [0, 0.1) is 5.92 Å². The molecular weight excluding hydrogens is 134 g/mol. The van der Waals surface area contributed by atoms with E-state index in [4.69, 9.17) is 0 Å². The van der Waals surface area contributed by atoms with Gasteiger partial charge >= 0.3 is 0 Å². The normalized spacial score (nSPS) is 33.0. The molecule has 66 valence electrons. The molecule has 1 unspecified atom stereocenters. The summed E-state index contributed by atoms with van der Waals surface area (Å²) in [6.45, 7) is 12.9. The molecule has 11 heavy (non-hydrogen) atoms. The zero-order chi connectivity index (χ0) is 8.65. The Hall–Kier alpha value is -0.0400. The first kappa shape index (κ1) is 9.05. The molecule has 1 saturated heterocycles. The Kier molecular flexibility index (Phi) is 2.29. The predicted octanol–water partition coefficient (Wildman–Crippen LogP) is 2.52. The standard InChI is InChI=1S/C10H21N/c1-8(2)10(5)6-7-11(10)9(3)4/h8-9H,6-7H2,1-5H3. The lowest BCUT2D eigenvalue weighted by Gasteiger charge is -2.56. The number of hydrogen-bond donors (Lipinski definition) is 0. The molecule has 1 aliphatic rings. The Morgan fingerprint density at radius 1 is 1.18 bits per heavy atom. The Bertz CT molecular complexity index is 140. The van der Waals surface area contributed by atoms with Crippen LogP contribution in [0.5, 0.6) is 0 Å². The third-order valence-corrected chi connectivity index (χ3v) is 3.38. The molecule has 1 heteroatoms. The van der Waals surface area contributed by atoms with Gasteiger partial charge in [0, 0.05) is 18.1 Å². The second kappa shape index (κ2) is 2.78. The van der Waals surface area contributed by atoms with Crippen LogP contribution in [0.15, 0.2) is 0 Å². The predicted molar refractivity (Wildman–Crippen MR) is 49.7 cm³/mol. The van der Waals surface area contributed by atoms with Crippen LogP contribution >= 0.6 is 0 Å². The van der Waals surface area contributed by atoms with E-state index >= 15 is 0 Å². The molecule has 0 amide bonds. The average Bonchev–Trinajstić information content (AvgIpc) is 1.82. The van der Waals surface area contributed by atoms with Gasteiger partial charge in [-0.05, 0) is 33.1 Å². The maximum Gasteiger partial charge on any atom is 0.0219 e. The summed E-state index contributed by atoms with van der Waals surface area (Å²) in [6.07, 6.45) is 1.38. The lowest BCUT2D eigenvalue weighted by atomic mass is 9.76. The molecule has 1 fully saturated rings. The van der Waals surface area contributed by atoms with Crippen molar-refractivity contribution in [2.24, 2.45) is 5.92 Å². The van der Waals surface area contributed by atoms with Crippen molar-refractivity contribution in [1.82, 2.24) is 4.90 Å². The summed E-state index contributed by atoms with van der Waals surface area (Å²) in [6, 6.07) is 0.719. The summed E-state index contributed by atoms with van der Waals surface area (Å²) >= 11 is 0. The fourth-order valence-electron chi connectivity index (χ4n) is 2.06. The number of hydrogen-bond acceptors (Lipinski definition) is 1. The summed E-state index contributed by atoms with van der Waals surface area (Å²) < 4.78 is 0. The van der Waals surface area contributed by atoms with E-state index in [1.165, 1.54) is 13.0 Å². The maximum atomic E-state index is 2.61. The fraction of sp³-hybridized carbons (Fsp3) is 1.00. The van der Waals surface area contributed by atoms with Crippen LogP contribution in [0.2, 0.25) is 0 Å². The summed E-state index contributed by atoms with van der Waals surface area (Å²) in [5.74, 6) is 0.790. The highest BCUT2D eigenvalue weighted by Gasteiger charge is 2.43. The van der Waals surface area contributed by atoms with E-state index < -0.39 is 0 Å². The molecule has 1 heterocycles. The lowest BCUT2D eigenvalue weighted by Crippen LogP contribution is -2.63. The number of rotatable bonds is 2. The Morgan fingerprint density at radius 3 is 1.82 bits per heavy atom. The van der Waals surface area contributed by atoms with E-state index in [-0.39, 0.29) is 0 Å². The van der Waals surface area contributed by atoms with Crippen molar-refractivity contribution in [2.45, 2.75) is 52.6 Å². The highest BCUT2D eigenvalue weighted by molar-refractivity contribution is 4.99. The van der Waals surface area contributed by atoms with Crippen LogP contribution in [0.1, 0.15) is 41.0 Å². The van der Waals surface area contributed by atoms with Crippen LogP contribution in [0.3, 0.4) is 0 Å². The Labute approximate surface area is 70.8 Å². The Morgan fingerprint density at radius 2 is 1.73 bits per heavy atom. The average molecular weight is 155 g/mol. The van der Waals surface area contributed by atoms with Crippen LogP contribution in [0.25, 0.3) is 0 Å². The second-order valence-electron chi connectivity index (χ2n) is 4.55. The molecule has 1 rings (SSSR count). The first-order valence-electron chi connectivity index (χ1n) is 4.75. The van der Waals surface area contributed by atoms with E-state index in [0.717, 1.165) is 12.0 Å². The minimum Gasteiger partial charge on any atom is -0.295 e. The van der Waals surface area contributed by atoms with Gasteiger partial charge in [0.25, 0.3) is 0 Å². The van der Waals surface area contributed by atoms with E-state index in [1.807, 2.05) is 0 Å². The van der Waals surface area contributed by atoms with Crippen molar-refractivity contribution in [3.8, 4) is 0 Å². The van der Waals surface area contributed by atoms with E-state index in [9.17, 15) is 0 Å². The highest BCUT2D eigenvalue weighted by atomic mass is 15.3. The third kappa shape index (κ3) is 1.31. The summed E-state index contributed by atoms with van der Waals surface area (Å²) in [5, 5.41) is 0. The zero-order valence-electron chi connectivity index (χ0n) is 8.52. The minimum atomic E-state index is 0.494. The smallest absolute Gasteiger partial charge is 0.0219 e. The monoisotopic (exact) mass is 155 g/mol. The molecule has 0 spiro atoms. The molecule has 0 saturated carbocycles. The maximum absolute atomic E-state index is 2.61. The van der Waals surface area contributed by atoms with Crippen molar-refractivity contribution in [3.05, 3.63) is 0 Å². The van der Waals surface area contributed by atoms with Crippen molar-refractivity contribution in [1.29, 1.82) is 0 Å². The van der Waals surface area contributed by atoms with E-state index in [0.29, 0.717) is 5.54 Å². The highest BCUT2D eigenvalue weighted by Crippen LogP contribution is 2.38. The van der Waals surface area contributed by atoms with E-state index in [1.54, 1.807) is 0 Å². The summed E-state index contributed by atoms with van der Waals surface area (Å²) in [5.41, 5.74) is 0.494. The molecule has 0 aromatic rings. The van der Waals surface area contributed by atoms with Crippen LogP contribution < -0.4 is 0 Å². The van der Waals surface area contributed by atoms with Gasteiger partial charge in [-0.25, -0.2) is 0 Å². The van der Waals surface area contributed by atoms with Gasteiger partial charge in [0.05, 0.1) is 0 Å². The molecule has 0 N–H and O–H groups in total. The molecule has 0 aromatic carbocycles. The number of nitrogens with zero attached hydrogens (tertiary/aromatic N) is 1. The first-order chi connectivity index (χ1) is 4.98. The zero-order valence-corrected chi connectivity index (χ0v) is 8.52. The van der Waals surface area contributed by atoms with Gasteiger partial charge in [0.15, 0.2) is 0 Å². The van der Waals surface area contributed by atoms with Crippen molar-refractivity contribution in [2.75, 3.05) is 6.54 Å². The van der Waals surface area contributed by atoms with Gasteiger partial charge in [-0.15, -0.1) is 0 Å². The largest absolute Gasteiger partial charge is 0.295 e. The quantitative estimate of drug-likeness (QED) is 0.592. The molecule has 0 aromatic heterocycles. The molecule has 0 bridgehead atoms. The summed E-state index contributed by atoms with van der Waals surface area (Å²) in [4.78, 5) is 2.61. The SMILES string of the molecule is CC(C)N1CCC1(C)C(C)C. The van der Waals surface area contributed by atoms with Crippen molar-refractivity contribution < 1.29 is 0 Å². The third-order valence-electron chi connectivity index (χ3n) is 3.38. The molecule has 0 aliphatic carbocycles. The molecule has 1 atom stereocenters. The Balaban J connectivity index is 2.59. The molecular formula is C10H21N. The fourth-order valence-corrected chi connectivity index (χ4v) is 2.06. The second-order valence-corrected chi connectivity index (χ2v) is 4.55. The van der Waals surface area contributed by atoms with Crippen LogP contribution in [-0.2, 0) is 0 Å². The van der Waals surface area contributed by atoms with Gasteiger partial charge < -0.3 is 0 Å².